The van der Waals surface area contributed by atoms with Gasteiger partial charge < -0.3 is 13.6 Å². The molecule has 0 aliphatic heterocycles. The standard InChI is InChI=1S/C50H30N2O/c1-3-13-33-27-36(24-21-31(33)11-1)51-44-18-8-5-15-38(44)42-29-35(23-26-46(42)51)41-30-43-39-16-7-10-20-47(39)53-50(43)49-48(41)40-17-6-9-19-45(40)52(49)37-25-22-32-12-2-4-14-34(32)28-37/h1-30H. The third-order valence-corrected chi connectivity index (χ3v) is 11.2. The molecular weight excluding hydrogens is 645 g/mol. The van der Waals surface area contributed by atoms with Crippen LogP contribution in [-0.4, -0.2) is 9.13 Å². The zero-order chi connectivity index (χ0) is 34.6. The van der Waals surface area contributed by atoms with E-state index in [0.29, 0.717) is 0 Å². The van der Waals surface area contributed by atoms with E-state index in [2.05, 4.69) is 191 Å². The molecule has 0 aliphatic carbocycles. The molecule has 12 rings (SSSR count). The van der Waals surface area contributed by atoms with E-state index in [0.717, 1.165) is 44.3 Å². The van der Waals surface area contributed by atoms with Crippen molar-refractivity contribution in [3.05, 3.63) is 182 Å². The van der Waals surface area contributed by atoms with Crippen LogP contribution in [0.2, 0.25) is 0 Å². The highest BCUT2D eigenvalue weighted by atomic mass is 16.3. The Morgan fingerprint density at radius 3 is 1.66 bits per heavy atom. The number of fused-ring (bicyclic) bond motifs is 12. The largest absolute Gasteiger partial charge is 0.454 e. The summed E-state index contributed by atoms with van der Waals surface area (Å²) < 4.78 is 11.6. The van der Waals surface area contributed by atoms with Crippen molar-refractivity contribution in [3.8, 4) is 22.5 Å². The molecule has 9 aromatic carbocycles. The van der Waals surface area contributed by atoms with Gasteiger partial charge in [-0.25, -0.2) is 0 Å². The second-order valence-corrected chi connectivity index (χ2v) is 14.1. The average Bonchev–Trinajstić information content (AvgIpc) is 3.88. The lowest BCUT2D eigenvalue weighted by Crippen LogP contribution is -1.95. The van der Waals surface area contributed by atoms with Crippen molar-refractivity contribution in [1.82, 2.24) is 9.13 Å². The normalized spacial score (nSPS) is 12.2. The topological polar surface area (TPSA) is 23.0 Å². The Labute approximate surface area is 304 Å². The van der Waals surface area contributed by atoms with Crippen LogP contribution >= 0.6 is 0 Å². The summed E-state index contributed by atoms with van der Waals surface area (Å²) in [5.41, 5.74) is 11.1. The average molecular weight is 675 g/mol. The number of benzene rings is 9. The van der Waals surface area contributed by atoms with Gasteiger partial charge in [0, 0.05) is 43.7 Å². The summed E-state index contributed by atoms with van der Waals surface area (Å²) in [6.45, 7) is 0. The molecule has 12 aromatic rings. The van der Waals surface area contributed by atoms with E-state index in [1.54, 1.807) is 0 Å². The molecule has 0 N–H and O–H groups in total. The molecule has 0 saturated carbocycles. The van der Waals surface area contributed by atoms with Gasteiger partial charge in [-0.05, 0) is 93.3 Å². The molecule has 0 spiro atoms. The second kappa shape index (κ2) is 10.7. The van der Waals surface area contributed by atoms with E-state index in [4.69, 9.17) is 4.42 Å². The SMILES string of the molecule is c1ccc2cc(-n3c4ccccc4c4cc(-c5cc6c7ccccc7oc6c6c5c5ccccc5n6-c5ccc6ccccc6c5)ccc43)ccc2c1. The maximum atomic E-state index is 6.82. The summed E-state index contributed by atoms with van der Waals surface area (Å²) >= 11 is 0. The van der Waals surface area contributed by atoms with Crippen LogP contribution in [-0.2, 0) is 0 Å². The number of rotatable bonds is 3. The molecule has 3 heterocycles. The van der Waals surface area contributed by atoms with Crippen molar-refractivity contribution in [2.75, 3.05) is 0 Å². The molecule has 0 radical (unpaired) electrons. The van der Waals surface area contributed by atoms with E-state index in [1.165, 1.54) is 65.3 Å². The zero-order valence-corrected chi connectivity index (χ0v) is 28.6. The van der Waals surface area contributed by atoms with E-state index >= 15 is 0 Å². The Bertz CT molecular complexity index is 3470. The number of aromatic nitrogens is 2. The lowest BCUT2D eigenvalue weighted by molar-refractivity contribution is 0.671. The molecule has 0 aliphatic rings. The summed E-state index contributed by atoms with van der Waals surface area (Å²) in [4.78, 5) is 0. The van der Waals surface area contributed by atoms with Crippen molar-refractivity contribution in [2.24, 2.45) is 0 Å². The third kappa shape index (κ3) is 4.05. The molecule has 0 saturated heterocycles. The highest BCUT2D eigenvalue weighted by molar-refractivity contribution is 6.27. The molecule has 3 aromatic heterocycles. The monoisotopic (exact) mass is 674 g/mol. The first kappa shape index (κ1) is 28.6. The fourth-order valence-electron chi connectivity index (χ4n) is 8.87. The van der Waals surface area contributed by atoms with E-state index in [-0.39, 0.29) is 0 Å². The Morgan fingerprint density at radius 1 is 0.358 bits per heavy atom. The fraction of sp³-hybridized carbons (Fsp3) is 0. The quantitative estimate of drug-likeness (QED) is 0.183. The van der Waals surface area contributed by atoms with Gasteiger partial charge in [0.15, 0.2) is 5.58 Å². The predicted octanol–water partition coefficient (Wildman–Crippen LogP) is 13.8. The fourth-order valence-corrected chi connectivity index (χ4v) is 8.87. The third-order valence-electron chi connectivity index (χ3n) is 11.2. The van der Waals surface area contributed by atoms with E-state index in [1.807, 2.05) is 0 Å². The molecule has 0 unspecified atom stereocenters. The smallest absolute Gasteiger partial charge is 0.160 e. The van der Waals surface area contributed by atoms with Crippen LogP contribution in [0.4, 0.5) is 0 Å². The first-order valence-electron chi connectivity index (χ1n) is 18.2. The van der Waals surface area contributed by atoms with Gasteiger partial charge in [-0.15, -0.1) is 0 Å². The Morgan fingerprint density at radius 2 is 0.925 bits per heavy atom. The Kier molecular flexibility index (Phi) is 5.77. The summed E-state index contributed by atoms with van der Waals surface area (Å²) in [5, 5.41) is 12.0. The summed E-state index contributed by atoms with van der Waals surface area (Å²) in [6.07, 6.45) is 0. The number of nitrogens with zero attached hydrogens (tertiary/aromatic N) is 2. The van der Waals surface area contributed by atoms with Crippen LogP contribution in [0.5, 0.6) is 0 Å². The van der Waals surface area contributed by atoms with Gasteiger partial charge in [-0.1, -0.05) is 121 Å². The Balaban J connectivity index is 1.20. The summed E-state index contributed by atoms with van der Waals surface area (Å²) in [7, 11) is 0. The Hall–Kier alpha value is -7.10. The number of para-hydroxylation sites is 3. The molecule has 0 bridgehead atoms. The molecule has 0 fully saturated rings. The van der Waals surface area contributed by atoms with Crippen LogP contribution < -0.4 is 0 Å². The zero-order valence-electron chi connectivity index (χ0n) is 28.6. The number of hydrogen-bond acceptors (Lipinski definition) is 1. The van der Waals surface area contributed by atoms with Gasteiger partial charge in [0.2, 0.25) is 0 Å². The van der Waals surface area contributed by atoms with Crippen LogP contribution in [0, 0.1) is 0 Å². The molecule has 3 heteroatoms. The minimum atomic E-state index is 0.894. The van der Waals surface area contributed by atoms with E-state index < -0.39 is 0 Å². The molecule has 246 valence electrons. The maximum Gasteiger partial charge on any atom is 0.160 e. The van der Waals surface area contributed by atoms with Gasteiger partial charge >= 0.3 is 0 Å². The molecule has 53 heavy (non-hydrogen) atoms. The summed E-state index contributed by atoms with van der Waals surface area (Å²) in [5.74, 6) is 0. The van der Waals surface area contributed by atoms with Crippen LogP contribution in [0.3, 0.4) is 0 Å². The summed E-state index contributed by atoms with van der Waals surface area (Å²) in [6, 6.07) is 66.1. The molecular formula is C50H30N2O. The van der Waals surface area contributed by atoms with Gasteiger partial charge in [0.1, 0.15) is 5.58 Å². The number of furan rings is 1. The molecule has 0 amide bonds. The predicted molar refractivity (Wildman–Crippen MR) is 223 cm³/mol. The number of hydrogen-bond donors (Lipinski definition) is 0. The van der Waals surface area contributed by atoms with E-state index in [9.17, 15) is 0 Å². The lowest BCUT2D eigenvalue weighted by Gasteiger charge is -2.12. The van der Waals surface area contributed by atoms with Gasteiger partial charge in [-0.3, -0.25) is 0 Å². The van der Waals surface area contributed by atoms with Crippen LogP contribution in [0.1, 0.15) is 0 Å². The minimum absolute atomic E-state index is 0.894. The van der Waals surface area contributed by atoms with Crippen molar-refractivity contribution < 1.29 is 4.42 Å². The van der Waals surface area contributed by atoms with Gasteiger partial charge in [0.25, 0.3) is 0 Å². The molecule has 0 atom stereocenters. The van der Waals surface area contributed by atoms with Crippen molar-refractivity contribution in [1.29, 1.82) is 0 Å². The van der Waals surface area contributed by atoms with Crippen molar-refractivity contribution >= 4 is 87.1 Å². The highest BCUT2D eigenvalue weighted by Gasteiger charge is 2.24. The van der Waals surface area contributed by atoms with Crippen LogP contribution in [0.15, 0.2) is 186 Å². The molecule has 3 nitrogen and oxygen atoms in total. The highest BCUT2D eigenvalue weighted by Crippen LogP contribution is 2.46. The minimum Gasteiger partial charge on any atom is -0.454 e. The van der Waals surface area contributed by atoms with Crippen LogP contribution in [0.25, 0.3) is 110 Å². The van der Waals surface area contributed by atoms with Crippen molar-refractivity contribution in [2.45, 2.75) is 0 Å². The van der Waals surface area contributed by atoms with Gasteiger partial charge in [-0.2, -0.15) is 0 Å². The first-order valence-corrected chi connectivity index (χ1v) is 18.2. The van der Waals surface area contributed by atoms with Gasteiger partial charge in [0.05, 0.1) is 22.1 Å². The first-order chi connectivity index (χ1) is 26.3. The van der Waals surface area contributed by atoms with Crippen molar-refractivity contribution in [3.63, 3.8) is 0 Å². The second-order valence-electron chi connectivity index (χ2n) is 14.1. The lowest BCUT2D eigenvalue weighted by atomic mass is 9.95. The maximum absolute atomic E-state index is 6.82.